The van der Waals surface area contributed by atoms with Crippen molar-refractivity contribution in [3.8, 4) is 0 Å². The fourth-order valence-electron chi connectivity index (χ4n) is 2.54. The summed E-state index contributed by atoms with van der Waals surface area (Å²) >= 11 is 3.96. The van der Waals surface area contributed by atoms with Crippen LogP contribution in [0.4, 0.5) is 0 Å². The van der Waals surface area contributed by atoms with Gasteiger partial charge in [0.1, 0.15) is 12.1 Å². The van der Waals surface area contributed by atoms with E-state index in [1.807, 2.05) is 0 Å². The molecule has 0 aliphatic carbocycles. The molecule has 5 unspecified atom stereocenters. The molecule has 0 rings (SSSR count). The van der Waals surface area contributed by atoms with Gasteiger partial charge in [-0.15, -0.1) is 0 Å². The lowest BCUT2D eigenvalue weighted by Gasteiger charge is -2.27. The smallest absolute Gasteiger partial charge is 0.328 e. The molecule has 5 atom stereocenters. The number of aliphatic hydroxyl groups excluding tert-OH is 1. The maximum atomic E-state index is 12.8. The average Bonchev–Trinajstić information content (AvgIpc) is 2.67. The van der Waals surface area contributed by atoms with Gasteiger partial charge >= 0.3 is 5.97 Å². The molecule has 174 valence electrons. The van der Waals surface area contributed by atoms with Crippen LogP contribution in [0.25, 0.3) is 0 Å². The van der Waals surface area contributed by atoms with Crippen molar-refractivity contribution in [2.45, 2.75) is 70.3 Å². The number of amides is 3. The third-order valence-corrected chi connectivity index (χ3v) is 4.80. The lowest BCUT2D eigenvalue weighted by atomic mass is 10.0. The number of hydrogen-bond donors (Lipinski definition) is 8. The quantitative estimate of drug-likeness (QED) is 0.109. The molecule has 0 aromatic rings. The predicted octanol–water partition coefficient (Wildman–Crippen LogP) is -2.05. The van der Waals surface area contributed by atoms with E-state index in [2.05, 4.69) is 28.6 Å². The number of unbranched alkanes of at least 4 members (excludes halogenated alkanes) is 1. The van der Waals surface area contributed by atoms with Crippen molar-refractivity contribution in [2.75, 3.05) is 12.3 Å². The number of nitrogens with two attached hydrogens (primary N) is 2. The summed E-state index contributed by atoms with van der Waals surface area (Å²) in [6.45, 7) is 5.05. The van der Waals surface area contributed by atoms with Crippen LogP contribution < -0.4 is 27.4 Å². The third kappa shape index (κ3) is 9.74. The van der Waals surface area contributed by atoms with E-state index in [0.29, 0.717) is 19.4 Å². The Balaban J connectivity index is 5.39. The summed E-state index contributed by atoms with van der Waals surface area (Å²) in [5.41, 5.74) is 11.1. The second kappa shape index (κ2) is 14.2. The van der Waals surface area contributed by atoms with Gasteiger partial charge in [-0.3, -0.25) is 14.4 Å². The lowest BCUT2D eigenvalue weighted by Crippen LogP contribution is -2.59. The standard InChI is InChI=1S/C18H35N5O6S/c1-9(2)13(22-15(25)11(20)8-30)17(27)21-12(6-4-5-7-19)16(26)23-14(10(3)24)18(28)29/h9-14,24,30H,4-8,19-20H2,1-3H3,(H,21,27)(H,22,25)(H,23,26)(H,28,29). The maximum absolute atomic E-state index is 12.8. The topological polar surface area (TPSA) is 197 Å². The minimum atomic E-state index is -1.53. The summed E-state index contributed by atoms with van der Waals surface area (Å²) in [7, 11) is 0. The van der Waals surface area contributed by atoms with Gasteiger partial charge in [0.05, 0.1) is 12.1 Å². The molecule has 0 aromatic carbocycles. The van der Waals surface area contributed by atoms with Crippen LogP contribution in [0.1, 0.15) is 40.0 Å². The molecule has 0 aliphatic heterocycles. The first-order chi connectivity index (χ1) is 14.0. The van der Waals surface area contributed by atoms with Gasteiger partial charge in [-0.25, -0.2) is 4.79 Å². The number of aliphatic hydroxyl groups is 1. The number of thiol groups is 1. The van der Waals surface area contributed by atoms with E-state index in [9.17, 15) is 24.3 Å². The molecule has 3 amide bonds. The predicted molar refractivity (Wildman–Crippen MR) is 115 cm³/mol. The highest BCUT2D eigenvalue weighted by Gasteiger charge is 2.32. The van der Waals surface area contributed by atoms with E-state index < -0.39 is 54.0 Å². The zero-order valence-corrected chi connectivity index (χ0v) is 18.5. The van der Waals surface area contributed by atoms with Crippen LogP contribution in [-0.2, 0) is 19.2 Å². The lowest BCUT2D eigenvalue weighted by molar-refractivity contribution is -0.145. The number of carboxylic acids is 1. The van der Waals surface area contributed by atoms with Crippen LogP contribution in [0, 0.1) is 5.92 Å². The highest BCUT2D eigenvalue weighted by Crippen LogP contribution is 2.07. The molecule has 0 aromatic heterocycles. The van der Waals surface area contributed by atoms with Crippen molar-refractivity contribution >= 4 is 36.3 Å². The van der Waals surface area contributed by atoms with E-state index in [4.69, 9.17) is 16.6 Å². The normalized spacial score (nSPS) is 16.1. The number of carbonyl (C=O) groups excluding carboxylic acids is 3. The fraction of sp³-hybridized carbons (Fsp3) is 0.778. The summed E-state index contributed by atoms with van der Waals surface area (Å²) in [6, 6.07) is -4.45. The summed E-state index contributed by atoms with van der Waals surface area (Å²) in [5.74, 6) is -3.53. The van der Waals surface area contributed by atoms with Gasteiger partial charge in [-0.05, 0) is 38.6 Å². The van der Waals surface area contributed by atoms with Crippen LogP contribution in [0.15, 0.2) is 0 Å². The number of hydrogen-bond acceptors (Lipinski definition) is 8. The van der Waals surface area contributed by atoms with E-state index in [0.717, 1.165) is 0 Å². The van der Waals surface area contributed by atoms with Crippen LogP contribution in [0.2, 0.25) is 0 Å². The van der Waals surface area contributed by atoms with Gasteiger partial charge in [0.2, 0.25) is 17.7 Å². The van der Waals surface area contributed by atoms with Gasteiger partial charge in [0.15, 0.2) is 6.04 Å². The van der Waals surface area contributed by atoms with Crippen LogP contribution in [0.5, 0.6) is 0 Å². The molecule has 0 aliphatic rings. The molecular formula is C18H35N5O6S. The molecule has 0 saturated carbocycles. The first-order valence-electron chi connectivity index (χ1n) is 9.84. The molecule has 11 nitrogen and oxygen atoms in total. The molecule has 0 fully saturated rings. The van der Waals surface area contributed by atoms with Crippen LogP contribution in [0.3, 0.4) is 0 Å². The minimum Gasteiger partial charge on any atom is -0.480 e. The summed E-state index contributed by atoms with van der Waals surface area (Å²) in [4.78, 5) is 48.7. The van der Waals surface area contributed by atoms with E-state index in [1.54, 1.807) is 13.8 Å². The second-order valence-corrected chi connectivity index (χ2v) is 7.80. The van der Waals surface area contributed by atoms with Crippen LogP contribution >= 0.6 is 12.6 Å². The van der Waals surface area contributed by atoms with Crippen molar-refractivity contribution in [2.24, 2.45) is 17.4 Å². The number of rotatable bonds is 14. The molecular weight excluding hydrogens is 414 g/mol. The maximum Gasteiger partial charge on any atom is 0.328 e. The van der Waals surface area contributed by atoms with Crippen molar-refractivity contribution in [3.63, 3.8) is 0 Å². The van der Waals surface area contributed by atoms with E-state index in [-0.39, 0.29) is 18.1 Å². The number of carbonyl (C=O) groups is 4. The molecule has 0 saturated heterocycles. The minimum absolute atomic E-state index is 0.0955. The molecule has 30 heavy (non-hydrogen) atoms. The van der Waals surface area contributed by atoms with Crippen molar-refractivity contribution in [1.29, 1.82) is 0 Å². The first kappa shape index (κ1) is 28.1. The van der Waals surface area contributed by atoms with E-state index in [1.165, 1.54) is 6.92 Å². The Hall–Kier alpha value is -1.89. The van der Waals surface area contributed by atoms with Gasteiger partial charge < -0.3 is 37.6 Å². The molecule has 9 N–H and O–H groups in total. The largest absolute Gasteiger partial charge is 0.480 e. The number of carboxylic acid groups (broad SMARTS) is 1. The summed E-state index contributed by atoms with van der Waals surface area (Å²) < 4.78 is 0. The molecule has 0 bridgehead atoms. The monoisotopic (exact) mass is 449 g/mol. The number of nitrogens with one attached hydrogen (secondary N) is 3. The third-order valence-electron chi connectivity index (χ3n) is 4.41. The Bertz CT molecular complexity index is 589. The van der Waals surface area contributed by atoms with Gasteiger partial charge in [0, 0.05) is 5.75 Å². The zero-order chi connectivity index (χ0) is 23.4. The molecule has 0 radical (unpaired) electrons. The Morgan fingerprint density at radius 3 is 1.93 bits per heavy atom. The van der Waals surface area contributed by atoms with Crippen molar-refractivity contribution in [1.82, 2.24) is 16.0 Å². The molecule has 12 heteroatoms. The van der Waals surface area contributed by atoms with Crippen LogP contribution in [-0.4, -0.2) is 76.5 Å². The van der Waals surface area contributed by atoms with Gasteiger partial charge in [0.25, 0.3) is 0 Å². The highest BCUT2D eigenvalue weighted by atomic mass is 32.1. The van der Waals surface area contributed by atoms with Crippen molar-refractivity contribution in [3.05, 3.63) is 0 Å². The second-order valence-electron chi connectivity index (χ2n) is 7.43. The van der Waals surface area contributed by atoms with Gasteiger partial charge in [-0.2, -0.15) is 12.6 Å². The van der Waals surface area contributed by atoms with E-state index >= 15 is 0 Å². The summed E-state index contributed by atoms with van der Waals surface area (Å²) in [5, 5.41) is 26.1. The first-order valence-corrected chi connectivity index (χ1v) is 10.5. The Labute approximate surface area is 182 Å². The highest BCUT2D eigenvalue weighted by molar-refractivity contribution is 7.80. The summed E-state index contributed by atoms with van der Waals surface area (Å²) in [6.07, 6.45) is -0.0304. The van der Waals surface area contributed by atoms with Gasteiger partial charge in [-0.1, -0.05) is 13.8 Å². The molecule has 0 heterocycles. The fourth-order valence-corrected chi connectivity index (χ4v) is 2.71. The average molecular weight is 450 g/mol. The number of aliphatic carboxylic acids is 1. The zero-order valence-electron chi connectivity index (χ0n) is 17.6. The SMILES string of the molecule is CC(C)C(NC(=O)C(N)CS)C(=O)NC(CCCCN)C(=O)NC(C(=O)O)C(C)O. The Morgan fingerprint density at radius 1 is 0.933 bits per heavy atom. The van der Waals surface area contributed by atoms with Crippen molar-refractivity contribution < 1.29 is 29.4 Å². The molecule has 0 spiro atoms. The Morgan fingerprint density at radius 2 is 1.50 bits per heavy atom. The Kier molecular flexibility index (Phi) is 13.3.